The van der Waals surface area contributed by atoms with E-state index in [0.29, 0.717) is 5.52 Å². The van der Waals surface area contributed by atoms with E-state index in [-0.39, 0.29) is 5.69 Å². The highest BCUT2D eigenvalue weighted by atomic mass is 79.9. The van der Waals surface area contributed by atoms with Crippen LogP contribution in [0.25, 0.3) is 10.9 Å². The van der Waals surface area contributed by atoms with Gasteiger partial charge in [-0.15, -0.1) is 0 Å². The Morgan fingerprint density at radius 2 is 1.86 bits per heavy atom. The minimum absolute atomic E-state index is 0.139. The van der Waals surface area contributed by atoms with E-state index in [9.17, 15) is 9.59 Å². The maximum atomic E-state index is 12.4. The summed E-state index contributed by atoms with van der Waals surface area (Å²) in [6.07, 6.45) is -0.615. The average Bonchev–Trinajstić information content (AvgIpc) is 2.74. The molecule has 0 saturated carbocycles. The van der Waals surface area contributed by atoms with Crippen LogP contribution in [0.5, 0.6) is 0 Å². The number of aromatic nitrogens is 1. The molecular formula is C15H16BrNO4. The minimum atomic E-state index is -0.660. The van der Waals surface area contributed by atoms with Crippen LogP contribution in [-0.4, -0.2) is 29.3 Å². The summed E-state index contributed by atoms with van der Waals surface area (Å²) in [6, 6.07) is 7.01. The molecule has 1 aromatic carbocycles. The zero-order chi connectivity index (χ0) is 15.8. The van der Waals surface area contributed by atoms with E-state index in [1.165, 1.54) is 11.7 Å². The lowest BCUT2D eigenvalue weighted by Gasteiger charge is -2.20. The molecule has 0 spiro atoms. The molecular weight excluding hydrogens is 338 g/mol. The molecule has 0 aliphatic heterocycles. The second kappa shape index (κ2) is 5.52. The first-order valence-electron chi connectivity index (χ1n) is 6.35. The molecule has 0 saturated heterocycles. The Morgan fingerprint density at radius 3 is 2.43 bits per heavy atom. The van der Waals surface area contributed by atoms with E-state index in [1.807, 2.05) is 12.1 Å². The zero-order valence-corrected chi connectivity index (χ0v) is 13.9. The van der Waals surface area contributed by atoms with Gasteiger partial charge in [-0.1, -0.05) is 22.0 Å². The summed E-state index contributed by atoms with van der Waals surface area (Å²) < 4.78 is 12.1. The second-order valence-corrected chi connectivity index (χ2v) is 6.46. The van der Waals surface area contributed by atoms with Gasteiger partial charge in [0.25, 0.3) is 0 Å². The van der Waals surface area contributed by atoms with Gasteiger partial charge in [0.05, 0.1) is 12.6 Å². The van der Waals surface area contributed by atoms with Crippen molar-refractivity contribution in [2.45, 2.75) is 26.4 Å². The first kappa shape index (κ1) is 15.6. The van der Waals surface area contributed by atoms with Crippen molar-refractivity contribution in [1.82, 2.24) is 4.57 Å². The van der Waals surface area contributed by atoms with E-state index in [4.69, 9.17) is 9.47 Å². The minimum Gasteiger partial charge on any atom is -0.464 e. The topological polar surface area (TPSA) is 57.5 Å². The van der Waals surface area contributed by atoms with Crippen molar-refractivity contribution in [2.75, 3.05) is 7.11 Å². The first-order valence-corrected chi connectivity index (χ1v) is 7.15. The summed E-state index contributed by atoms with van der Waals surface area (Å²) in [7, 11) is 1.27. The highest BCUT2D eigenvalue weighted by Gasteiger charge is 2.25. The number of carbonyl (C=O) groups excluding carboxylic acids is 2. The summed E-state index contributed by atoms with van der Waals surface area (Å²) in [6.45, 7) is 5.30. The fourth-order valence-electron chi connectivity index (χ4n) is 1.93. The molecule has 0 atom stereocenters. The molecule has 0 radical (unpaired) electrons. The molecule has 6 heteroatoms. The summed E-state index contributed by atoms with van der Waals surface area (Å²) in [5.41, 5.74) is 0.0615. The van der Waals surface area contributed by atoms with Crippen LogP contribution in [0.1, 0.15) is 31.3 Å². The molecule has 0 fully saturated rings. The van der Waals surface area contributed by atoms with Crippen LogP contribution in [-0.2, 0) is 9.47 Å². The smallest absolute Gasteiger partial charge is 0.419 e. The Balaban J connectivity index is 2.65. The van der Waals surface area contributed by atoms with Crippen molar-refractivity contribution in [3.63, 3.8) is 0 Å². The Labute approximate surface area is 131 Å². The van der Waals surface area contributed by atoms with Gasteiger partial charge >= 0.3 is 12.1 Å². The Kier molecular flexibility index (Phi) is 4.09. The Morgan fingerprint density at radius 1 is 1.19 bits per heavy atom. The van der Waals surface area contributed by atoms with Crippen LogP contribution in [0.15, 0.2) is 28.7 Å². The number of hydrogen-bond acceptors (Lipinski definition) is 4. The summed E-state index contributed by atoms with van der Waals surface area (Å²) in [5.74, 6) is -0.590. The molecule has 0 aliphatic rings. The molecule has 1 aromatic heterocycles. The van der Waals surface area contributed by atoms with E-state index in [1.54, 1.807) is 32.9 Å². The largest absolute Gasteiger partial charge is 0.464 e. The molecule has 21 heavy (non-hydrogen) atoms. The summed E-state index contributed by atoms with van der Waals surface area (Å²) >= 11 is 3.36. The predicted molar refractivity (Wildman–Crippen MR) is 82.6 cm³/mol. The van der Waals surface area contributed by atoms with E-state index < -0.39 is 17.7 Å². The highest BCUT2D eigenvalue weighted by molar-refractivity contribution is 9.10. The van der Waals surface area contributed by atoms with Gasteiger partial charge < -0.3 is 9.47 Å². The van der Waals surface area contributed by atoms with Crippen LogP contribution < -0.4 is 0 Å². The van der Waals surface area contributed by atoms with E-state index in [2.05, 4.69) is 15.9 Å². The third-order valence-corrected chi connectivity index (χ3v) is 3.23. The van der Waals surface area contributed by atoms with Crippen molar-refractivity contribution in [3.05, 3.63) is 34.4 Å². The molecule has 2 aromatic rings. The SMILES string of the molecule is COC(=O)c1cc2ccc(Br)cc2n1C(=O)OC(C)(C)C. The van der Waals surface area contributed by atoms with Crippen molar-refractivity contribution in [2.24, 2.45) is 0 Å². The van der Waals surface area contributed by atoms with Crippen molar-refractivity contribution in [3.8, 4) is 0 Å². The molecule has 0 N–H and O–H groups in total. The number of hydrogen-bond donors (Lipinski definition) is 0. The predicted octanol–water partition coefficient (Wildman–Crippen LogP) is 3.97. The number of esters is 1. The van der Waals surface area contributed by atoms with Crippen LogP contribution in [0.3, 0.4) is 0 Å². The highest BCUT2D eigenvalue weighted by Crippen LogP contribution is 2.25. The van der Waals surface area contributed by atoms with Gasteiger partial charge in [-0.05, 0) is 39.0 Å². The molecule has 0 unspecified atom stereocenters. The molecule has 1 heterocycles. The molecule has 0 bridgehead atoms. The van der Waals surface area contributed by atoms with Gasteiger partial charge in [-0.3, -0.25) is 0 Å². The number of rotatable bonds is 1. The first-order chi connectivity index (χ1) is 9.73. The van der Waals surface area contributed by atoms with Crippen LogP contribution in [0.4, 0.5) is 4.79 Å². The third-order valence-electron chi connectivity index (χ3n) is 2.74. The number of carbonyl (C=O) groups is 2. The maximum absolute atomic E-state index is 12.4. The zero-order valence-electron chi connectivity index (χ0n) is 12.3. The standard InChI is InChI=1S/C15H16BrNO4/c1-15(2,3)21-14(19)17-11-8-10(16)6-5-9(11)7-12(17)13(18)20-4/h5-8H,1-4H3. The van der Waals surface area contributed by atoms with Gasteiger partial charge in [0.2, 0.25) is 0 Å². The fraction of sp³-hybridized carbons (Fsp3) is 0.333. The van der Waals surface area contributed by atoms with Crippen LogP contribution >= 0.6 is 15.9 Å². The lowest BCUT2D eigenvalue weighted by atomic mass is 10.2. The molecule has 0 amide bonds. The van der Waals surface area contributed by atoms with E-state index >= 15 is 0 Å². The Bertz CT molecular complexity index is 712. The molecule has 0 aliphatic carbocycles. The summed E-state index contributed by atoms with van der Waals surface area (Å²) in [4.78, 5) is 24.3. The number of fused-ring (bicyclic) bond motifs is 1. The number of ether oxygens (including phenoxy) is 2. The monoisotopic (exact) mass is 353 g/mol. The lowest BCUT2D eigenvalue weighted by molar-refractivity contribution is 0.0489. The van der Waals surface area contributed by atoms with Crippen molar-refractivity contribution in [1.29, 1.82) is 0 Å². The van der Waals surface area contributed by atoms with Crippen LogP contribution in [0, 0.1) is 0 Å². The number of halogens is 1. The van der Waals surface area contributed by atoms with Gasteiger partial charge in [0, 0.05) is 9.86 Å². The Hall–Kier alpha value is -1.82. The normalized spacial score (nSPS) is 11.5. The number of methoxy groups -OCH3 is 1. The van der Waals surface area contributed by atoms with Crippen molar-refractivity contribution >= 4 is 38.9 Å². The second-order valence-electron chi connectivity index (χ2n) is 5.54. The van der Waals surface area contributed by atoms with Gasteiger partial charge in [-0.25, -0.2) is 14.2 Å². The van der Waals surface area contributed by atoms with E-state index in [0.717, 1.165) is 9.86 Å². The van der Waals surface area contributed by atoms with Gasteiger partial charge in [-0.2, -0.15) is 0 Å². The molecule has 5 nitrogen and oxygen atoms in total. The maximum Gasteiger partial charge on any atom is 0.419 e. The van der Waals surface area contributed by atoms with Gasteiger partial charge in [0.15, 0.2) is 0 Å². The third kappa shape index (κ3) is 3.26. The number of benzene rings is 1. The van der Waals surface area contributed by atoms with Gasteiger partial charge in [0.1, 0.15) is 11.3 Å². The quantitative estimate of drug-likeness (QED) is 0.727. The summed E-state index contributed by atoms with van der Waals surface area (Å²) in [5, 5.41) is 0.754. The lowest BCUT2D eigenvalue weighted by Crippen LogP contribution is -2.29. The van der Waals surface area contributed by atoms with Crippen LogP contribution in [0.2, 0.25) is 0 Å². The molecule has 2 rings (SSSR count). The average molecular weight is 354 g/mol. The number of nitrogens with zero attached hydrogens (tertiary/aromatic N) is 1. The van der Waals surface area contributed by atoms with Crippen molar-refractivity contribution < 1.29 is 19.1 Å². The fourth-order valence-corrected chi connectivity index (χ4v) is 2.28. The molecule has 112 valence electrons.